The lowest BCUT2D eigenvalue weighted by molar-refractivity contribution is -0.136. The number of aryl methyl sites for hydroxylation is 1. The van der Waals surface area contributed by atoms with Crippen molar-refractivity contribution in [3.05, 3.63) is 11.7 Å². The molecule has 3 aliphatic heterocycles. The molecule has 0 aromatic carbocycles. The molecule has 1 atom stereocenters. The Kier molecular flexibility index (Phi) is 6.14. The summed E-state index contributed by atoms with van der Waals surface area (Å²) in [6, 6.07) is -0.0210. The molecule has 3 fully saturated rings. The van der Waals surface area contributed by atoms with E-state index in [2.05, 4.69) is 15.0 Å². The molecule has 1 aromatic heterocycles. The molecule has 1 spiro atoms. The highest BCUT2D eigenvalue weighted by Crippen LogP contribution is 2.48. The molecule has 30 heavy (non-hydrogen) atoms. The minimum absolute atomic E-state index is 0.0210. The molecular formula is C22H35N5O3. The van der Waals surface area contributed by atoms with Gasteiger partial charge in [-0.05, 0) is 50.9 Å². The number of likely N-dealkylation sites (tertiary alicyclic amines) is 3. The fourth-order valence-electron chi connectivity index (χ4n) is 5.35. The van der Waals surface area contributed by atoms with Crippen LogP contribution in [0.4, 0.5) is 0 Å². The van der Waals surface area contributed by atoms with Crippen LogP contribution in [0.3, 0.4) is 0 Å². The van der Waals surface area contributed by atoms with E-state index in [0.29, 0.717) is 18.3 Å². The van der Waals surface area contributed by atoms with Gasteiger partial charge in [0.1, 0.15) is 0 Å². The molecule has 166 valence electrons. The first kappa shape index (κ1) is 21.3. The Labute approximate surface area is 179 Å². The zero-order valence-electron chi connectivity index (χ0n) is 18.6. The van der Waals surface area contributed by atoms with Crippen molar-refractivity contribution in [2.45, 2.75) is 65.3 Å². The summed E-state index contributed by atoms with van der Waals surface area (Å²) in [4.78, 5) is 36.2. The minimum Gasteiger partial charge on any atom is -0.342 e. The molecular weight excluding hydrogens is 382 g/mol. The van der Waals surface area contributed by atoms with E-state index in [1.54, 1.807) is 0 Å². The van der Waals surface area contributed by atoms with Crippen molar-refractivity contribution in [1.82, 2.24) is 24.8 Å². The van der Waals surface area contributed by atoms with Crippen LogP contribution in [0.25, 0.3) is 0 Å². The number of carbonyl (C=O) groups excluding carboxylic acids is 2. The molecule has 2 amide bonds. The number of aromatic nitrogens is 2. The first-order valence-corrected chi connectivity index (χ1v) is 11.5. The van der Waals surface area contributed by atoms with Crippen molar-refractivity contribution in [1.29, 1.82) is 0 Å². The first-order chi connectivity index (χ1) is 14.4. The average molecular weight is 418 g/mol. The molecule has 8 nitrogen and oxygen atoms in total. The smallest absolute Gasteiger partial charge is 0.244 e. The molecule has 0 radical (unpaired) electrons. The Morgan fingerprint density at radius 3 is 2.40 bits per heavy atom. The number of piperidine rings is 2. The molecule has 0 N–H and O–H groups in total. The normalized spacial score (nSPS) is 24.7. The Balaban J connectivity index is 1.47. The summed E-state index contributed by atoms with van der Waals surface area (Å²) in [5.74, 6) is 1.74. The zero-order chi connectivity index (χ0) is 21.3. The summed E-state index contributed by atoms with van der Waals surface area (Å²) < 4.78 is 5.54. The molecule has 8 heteroatoms. The van der Waals surface area contributed by atoms with Crippen molar-refractivity contribution in [3.63, 3.8) is 0 Å². The highest BCUT2D eigenvalue weighted by molar-refractivity contribution is 5.79. The number of hydrogen-bond donors (Lipinski definition) is 0. The first-order valence-electron chi connectivity index (χ1n) is 11.5. The van der Waals surface area contributed by atoms with Crippen LogP contribution in [0, 0.1) is 18.3 Å². The maximum atomic E-state index is 13.0. The fraction of sp³-hybridized carbons (Fsp3) is 0.818. The number of carbonyl (C=O) groups is 2. The molecule has 3 aliphatic rings. The summed E-state index contributed by atoms with van der Waals surface area (Å²) in [5.41, 5.74) is 0.100. The van der Waals surface area contributed by atoms with Crippen molar-refractivity contribution < 1.29 is 14.1 Å². The Bertz CT molecular complexity index is 763. The summed E-state index contributed by atoms with van der Waals surface area (Å²) in [5, 5.41) is 3.99. The van der Waals surface area contributed by atoms with Crippen LogP contribution in [0.2, 0.25) is 0 Å². The standard InChI is InChI=1S/C22H35N5O3/c1-16(2)21(29)26-11-7-22(8-12-26)13-18(20-23-17(3)24-30-20)27(15-22)14-19(28)25-9-5-4-6-10-25/h16,18H,4-15H2,1-3H3. The van der Waals surface area contributed by atoms with Gasteiger partial charge in [0.2, 0.25) is 17.7 Å². The zero-order valence-corrected chi connectivity index (χ0v) is 18.6. The average Bonchev–Trinajstić information content (AvgIpc) is 3.32. The highest BCUT2D eigenvalue weighted by atomic mass is 16.5. The van der Waals surface area contributed by atoms with E-state index in [-0.39, 0.29) is 29.2 Å². The van der Waals surface area contributed by atoms with Crippen LogP contribution in [0.15, 0.2) is 4.52 Å². The Morgan fingerprint density at radius 1 is 1.10 bits per heavy atom. The van der Waals surface area contributed by atoms with Gasteiger partial charge in [-0.3, -0.25) is 14.5 Å². The van der Waals surface area contributed by atoms with E-state index in [4.69, 9.17) is 4.52 Å². The molecule has 4 rings (SSSR count). The van der Waals surface area contributed by atoms with Crippen LogP contribution in [-0.2, 0) is 9.59 Å². The lowest BCUT2D eigenvalue weighted by Crippen LogP contribution is -2.46. The predicted octanol–water partition coefficient (Wildman–Crippen LogP) is 2.40. The van der Waals surface area contributed by atoms with Crippen molar-refractivity contribution in [2.24, 2.45) is 11.3 Å². The van der Waals surface area contributed by atoms with Gasteiger partial charge in [0.05, 0.1) is 12.6 Å². The van der Waals surface area contributed by atoms with Gasteiger partial charge in [-0.2, -0.15) is 4.98 Å². The third-order valence-electron chi connectivity index (χ3n) is 7.11. The fourth-order valence-corrected chi connectivity index (χ4v) is 5.35. The van der Waals surface area contributed by atoms with Gasteiger partial charge >= 0.3 is 0 Å². The SMILES string of the molecule is Cc1noc(C2CC3(CCN(C(=O)C(C)C)CC3)CN2CC(=O)N2CCCCC2)n1. The number of rotatable bonds is 4. The molecule has 1 aromatic rings. The van der Waals surface area contributed by atoms with Gasteiger partial charge in [0.15, 0.2) is 5.82 Å². The lowest BCUT2D eigenvalue weighted by Gasteiger charge is -2.40. The van der Waals surface area contributed by atoms with Crippen LogP contribution < -0.4 is 0 Å². The molecule has 1 unspecified atom stereocenters. The second-order valence-electron chi connectivity index (χ2n) is 9.73. The summed E-state index contributed by atoms with van der Waals surface area (Å²) >= 11 is 0. The van der Waals surface area contributed by atoms with E-state index in [1.165, 1.54) is 6.42 Å². The maximum Gasteiger partial charge on any atom is 0.244 e. The number of nitrogens with zero attached hydrogens (tertiary/aromatic N) is 5. The van der Waals surface area contributed by atoms with Gasteiger partial charge in [0.25, 0.3) is 0 Å². The van der Waals surface area contributed by atoms with E-state index in [1.807, 2.05) is 30.6 Å². The van der Waals surface area contributed by atoms with Crippen LogP contribution in [-0.4, -0.2) is 75.9 Å². The topological polar surface area (TPSA) is 82.8 Å². The monoisotopic (exact) mass is 417 g/mol. The predicted molar refractivity (Wildman–Crippen MR) is 111 cm³/mol. The summed E-state index contributed by atoms with van der Waals surface area (Å²) in [6.07, 6.45) is 6.24. The molecule has 0 bridgehead atoms. The van der Waals surface area contributed by atoms with E-state index in [9.17, 15) is 9.59 Å². The third kappa shape index (κ3) is 4.38. The third-order valence-corrected chi connectivity index (χ3v) is 7.11. The van der Waals surface area contributed by atoms with E-state index in [0.717, 1.165) is 64.8 Å². The molecule has 0 saturated carbocycles. The minimum atomic E-state index is -0.0210. The lowest BCUT2D eigenvalue weighted by atomic mass is 9.76. The Morgan fingerprint density at radius 2 is 1.80 bits per heavy atom. The largest absolute Gasteiger partial charge is 0.342 e. The van der Waals surface area contributed by atoms with Gasteiger partial charge in [-0.1, -0.05) is 19.0 Å². The van der Waals surface area contributed by atoms with Crippen LogP contribution in [0.5, 0.6) is 0 Å². The quantitative estimate of drug-likeness (QED) is 0.748. The van der Waals surface area contributed by atoms with Crippen LogP contribution >= 0.6 is 0 Å². The van der Waals surface area contributed by atoms with Gasteiger partial charge in [-0.25, -0.2) is 0 Å². The van der Waals surface area contributed by atoms with E-state index >= 15 is 0 Å². The van der Waals surface area contributed by atoms with Crippen molar-refractivity contribution in [3.8, 4) is 0 Å². The second-order valence-corrected chi connectivity index (χ2v) is 9.73. The van der Waals surface area contributed by atoms with Crippen molar-refractivity contribution >= 4 is 11.8 Å². The van der Waals surface area contributed by atoms with Gasteiger partial charge in [0, 0.05) is 38.6 Å². The summed E-state index contributed by atoms with van der Waals surface area (Å²) in [6.45, 7) is 10.3. The molecule has 3 saturated heterocycles. The Hall–Kier alpha value is -1.96. The maximum absolute atomic E-state index is 13.0. The van der Waals surface area contributed by atoms with Crippen LogP contribution in [0.1, 0.15) is 70.1 Å². The highest BCUT2D eigenvalue weighted by Gasteiger charge is 2.49. The van der Waals surface area contributed by atoms with E-state index < -0.39 is 0 Å². The number of amides is 2. The van der Waals surface area contributed by atoms with Gasteiger partial charge < -0.3 is 14.3 Å². The second kappa shape index (κ2) is 8.65. The van der Waals surface area contributed by atoms with Gasteiger partial charge in [-0.15, -0.1) is 0 Å². The molecule has 4 heterocycles. The summed E-state index contributed by atoms with van der Waals surface area (Å²) in [7, 11) is 0. The number of hydrogen-bond acceptors (Lipinski definition) is 6. The molecule has 0 aliphatic carbocycles. The van der Waals surface area contributed by atoms with Crippen molar-refractivity contribution in [2.75, 3.05) is 39.3 Å².